The number of aliphatic hydroxyl groups excluding tert-OH is 1. The van der Waals surface area contributed by atoms with E-state index in [-0.39, 0.29) is 11.4 Å². The third-order valence-electron chi connectivity index (χ3n) is 6.31. The number of pyridine rings is 1. The number of hydrogen-bond donors (Lipinski definition) is 4. The molecule has 0 bridgehead atoms. The van der Waals surface area contributed by atoms with Gasteiger partial charge in [-0.15, -0.1) is 0 Å². The maximum absolute atomic E-state index is 12.7. The molecule has 0 spiro atoms. The summed E-state index contributed by atoms with van der Waals surface area (Å²) >= 11 is 1.16. The number of aliphatic hydroxyl groups is 1. The maximum Gasteiger partial charge on any atom is 0.493 e. The molecule has 1 aromatic carbocycles. The maximum atomic E-state index is 12.7. The summed E-state index contributed by atoms with van der Waals surface area (Å²) in [6.45, 7) is 4.44. The van der Waals surface area contributed by atoms with E-state index in [1.807, 2.05) is 0 Å². The largest absolute Gasteiger partial charge is 0.493 e. The molecule has 2 amide bonds. The van der Waals surface area contributed by atoms with Crippen molar-refractivity contribution in [1.29, 1.82) is 0 Å². The fourth-order valence-corrected chi connectivity index (χ4v) is 5.29. The number of aromatic nitrogens is 1. The number of hydrogen-bond acceptors (Lipinski definition) is 6. The lowest BCUT2D eigenvalue weighted by molar-refractivity contribution is -0.0220. The first kappa shape index (κ1) is 19.9. The second-order valence-electron chi connectivity index (χ2n) is 8.77. The van der Waals surface area contributed by atoms with Gasteiger partial charge in [-0.25, -0.2) is 4.79 Å². The monoisotopic (exact) mass is 425 g/mol. The number of aryl methyl sites for hydroxylation is 1. The molecule has 156 valence electrons. The number of carbonyl (C=O) groups is 1. The minimum absolute atomic E-state index is 0.0342. The number of urea groups is 1. The van der Waals surface area contributed by atoms with E-state index in [4.69, 9.17) is 9.64 Å². The summed E-state index contributed by atoms with van der Waals surface area (Å²) in [5.41, 5.74) is 6.63. The van der Waals surface area contributed by atoms with Crippen LogP contribution in [0.4, 0.5) is 10.5 Å². The number of nitrogens with one attached hydrogen (secondary N) is 2. The average Bonchev–Trinajstić information content (AvgIpc) is 3.37. The van der Waals surface area contributed by atoms with E-state index in [2.05, 4.69) is 23.9 Å². The van der Waals surface area contributed by atoms with Crippen LogP contribution in [0.25, 0.3) is 0 Å². The van der Waals surface area contributed by atoms with Gasteiger partial charge in [-0.1, -0.05) is 19.9 Å². The fraction of sp³-hybridized carbons (Fsp3) is 0.429. The Labute approximate surface area is 179 Å². The number of anilines is 1. The molecule has 3 aliphatic rings. The van der Waals surface area contributed by atoms with Gasteiger partial charge in [-0.2, -0.15) is 0 Å². The highest BCUT2D eigenvalue weighted by Crippen LogP contribution is 2.44. The number of nitrogens with zero attached hydrogens (tertiary/aromatic N) is 1. The van der Waals surface area contributed by atoms with Gasteiger partial charge >= 0.3 is 13.1 Å². The summed E-state index contributed by atoms with van der Waals surface area (Å²) in [6, 6.07) is 4.90. The molecule has 1 aliphatic heterocycles. The lowest BCUT2D eigenvalue weighted by atomic mass is 9.80. The molecule has 2 aliphatic carbocycles. The predicted molar refractivity (Wildman–Crippen MR) is 116 cm³/mol. The van der Waals surface area contributed by atoms with E-state index < -0.39 is 13.4 Å². The summed E-state index contributed by atoms with van der Waals surface area (Å²) in [5.74, 6) is 0. The predicted octanol–water partition coefficient (Wildman–Crippen LogP) is 2.33. The van der Waals surface area contributed by atoms with Crippen LogP contribution in [0.2, 0.25) is 0 Å². The van der Waals surface area contributed by atoms with Crippen LogP contribution < -0.4 is 15.5 Å². The summed E-state index contributed by atoms with van der Waals surface area (Å²) in [6.07, 6.45) is 3.79. The standard InChI is InChI=1S/C21H24BN3O4S/c1-21(2)9-8-13-17(12-4-3-5-16(12)23-18(13)21)24-20(27)25-30-11-6-7-15-14(10-11)19(26)29-22(15)28/h6-7,10,19,26,28H,3-5,8-9H2,1-2H3,(H2,23,24,25,27). The second kappa shape index (κ2) is 7.27. The summed E-state index contributed by atoms with van der Waals surface area (Å²) < 4.78 is 7.82. The number of carbonyl (C=O) groups excluding carboxylic acids is 1. The van der Waals surface area contributed by atoms with E-state index in [0.717, 1.165) is 66.0 Å². The van der Waals surface area contributed by atoms with Gasteiger partial charge in [0.05, 0.1) is 11.4 Å². The molecule has 0 saturated heterocycles. The molecule has 1 unspecified atom stereocenters. The molecule has 5 rings (SSSR count). The molecule has 1 aromatic heterocycles. The van der Waals surface area contributed by atoms with Crippen molar-refractivity contribution < 1.29 is 19.6 Å². The van der Waals surface area contributed by atoms with Gasteiger partial charge in [0.2, 0.25) is 0 Å². The molecule has 4 N–H and O–H groups in total. The van der Waals surface area contributed by atoms with Gasteiger partial charge in [-0.05, 0) is 72.8 Å². The van der Waals surface area contributed by atoms with Crippen LogP contribution in [0.5, 0.6) is 0 Å². The topological polar surface area (TPSA) is 104 Å². The molecular weight excluding hydrogens is 401 g/mol. The summed E-state index contributed by atoms with van der Waals surface area (Å²) in [4.78, 5) is 18.4. The number of rotatable bonds is 3. The highest BCUT2D eigenvalue weighted by atomic mass is 32.2. The Hall–Kier alpha value is -2.07. The van der Waals surface area contributed by atoms with Crippen molar-refractivity contribution in [2.45, 2.75) is 62.6 Å². The Morgan fingerprint density at radius 2 is 2.13 bits per heavy atom. The van der Waals surface area contributed by atoms with E-state index in [1.54, 1.807) is 18.2 Å². The third kappa shape index (κ3) is 3.30. The SMILES string of the molecule is CC1(C)CCc2c1nc1c(c2NC(=O)NSc2ccc3c(c2)C(O)OB3O)CCC1. The van der Waals surface area contributed by atoms with Gasteiger partial charge in [0, 0.05) is 21.6 Å². The summed E-state index contributed by atoms with van der Waals surface area (Å²) in [5, 5.41) is 22.7. The third-order valence-corrected chi connectivity index (χ3v) is 7.09. The highest BCUT2D eigenvalue weighted by molar-refractivity contribution is 7.98. The van der Waals surface area contributed by atoms with Crippen molar-refractivity contribution in [3.8, 4) is 0 Å². The lowest BCUT2D eigenvalue weighted by Gasteiger charge is -2.21. The minimum atomic E-state index is -1.16. The van der Waals surface area contributed by atoms with E-state index >= 15 is 0 Å². The first-order valence-electron chi connectivity index (χ1n) is 10.3. The second-order valence-corrected chi connectivity index (χ2v) is 9.65. The Balaban J connectivity index is 1.33. The minimum Gasteiger partial charge on any atom is -0.423 e. The van der Waals surface area contributed by atoms with Crippen LogP contribution in [0.3, 0.4) is 0 Å². The average molecular weight is 425 g/mol. The van der Waals surface area contributed by atoms with Crippen molar-refractivity contribution in [3.63, 3.8) is 0 Å². The molecule has 0 fully saturated rings. The van der Waals surface area contributed by atoms with Crippen LogP contribution in [0, 0.1) is 0 Å². The Morgan fingerprint density at radius 3 is 2.97 bits per heavy atom. The molecule has 7 nitrogen and oxygen atoms in total. The van der Waals surface area contributed by atoms with Crippen molar-refractivity contribution in [2.24, 2.45) is 0 Å². The molecule has 1 atom stereocenters. The van der Waals surface area contributed by atoms with Gasteiger partial charge in [-0.3, -0.25) is 9.71 Å². The molecule has 2 heterocycles. The van der Waals surface area contributed by atoms with E-state index in [0.29, 0.717) is 11.0 Å². The van der Waals surface area contributed by atoms with Crippen LogP contribution >= 0.6 is 11.9 Å². The first-order chi connectivity index (χ1) is 14.3. The van der Waals surface area contributed by atoms with Gasteiger partial charge in [0.15, 0.2) is 6.29 Å². The molecule has 30 heavy (non-hydrogen) atoms. The van der Waals surface area contributed by atoms with Crippen LogP contribution in [-0.2, 0) is 29.3 Å². The number of benzene rings is 1. The van der Waals surface area contributed by atoms with Crippen molar-refractivity contribution in [1.82, 2.24) is 9.71 Å². The van der Waals surface area contributed by atoms with E-state index in [9.17, 15) is 14.9 Å². The van der Waals surface area contributed by atoms with Crippen LogP contribution in [-0.4, -0.2) is 28.3 Å². The van der Waals surface area contributed by atoms with Crippen molar-refractivity contribution in [2.75, 3.05) is 5.32 Å². The molecule has 0 saturated carbocycles. The fourth-order valence-electron chi connectivity index (χ4n) is 4.70. The smallest absolute Gasteiger partial charge is 0.423 e. The van der Waals surface area contributed by atoms with Gasteiger partial charge in [0.1, 0.15) is 0 Å². The Bertz CT molecular complexity index is 1050. The molecular formula is C21H24BN3O4S. The van der Waals surface area contributed by atoms with Crippen LogP contribution in [0.1, 0.15) is 61.1 Å². The first-order valence-corrected chi connectivity index (χ1v) is 11.1. The highest BCUT2D eigenvalue weighted by Gasteiger charge is 2.37. The zero-order valence-corrected chi connectivity index (χ0v) is 17.8. The molecule has 9 heteroatoms. The van der Waals surface area contributed by atoms with Gasteiger partial charge in [0.25, 0.3) is 0 Å². The van der Waals surface area contributed by atoms with Crippen molar-refractivity contribution >= 4 is 36.2 Å². The Morgan fingerprint density at radius 1 is 1.30 bits per heavy atom. The number of amides is 2. The Kier molecular flexibility index (Phi) is 4.81. The molecule has 2 aromatic rings. The van der Waals surface area contributed by atoms with E-state index in [1.165, 1.54) is 11.1 Å². The van der Waals surface area contributed by atoms with Crippen LogP contribution in [0.15, 0.2) is 23.1 Å². The lowest BCUT2D eigenvalue weighted by Crippen LogP contribution is -2.28. The van der Waals surface area contributed by atoms with Gasteiger partial charge < -0.3 is 20.1 Å². The summed E-state index contributed by atoms with van der Waals surface area (Å²) in [7, 11) is -1.12. The zero-order valence-electron chi connectivity index (χ0n) is 17.0. The molecule has 0 radical (unpaired) electrons. The normalized spacial score (nSPS) is 20.7. The number of fused-ring (bicyclic) bond motifs is 3. The quantitative estimate of drug-likeness (QED) is 0.445. The zero-order chi connectivity index (χ0) is 21.0. The van der Waals surface area contributed by atoms with Crippen molar-refractivity contribution in [3.05, 3.63) is 46.3 Å².